The van der Waals surface area contributed by atoms with Gasteiger partial charge in [0, 0.05) is 12.4 Å². The van der Waals surface area contributed by atoms with Crippen LogP contribution in [-0.4, -0.2) is 24.0 Å². The predicted molar refractivity (Wildman–Crippen MR) is 73.5 cm³/mol. The monoisotopic (exact) mass is 276 g/mol. The van der Waals surface area contributed by atoms with Crippen molar-refractivity contribution in [1.29, 1.82) is 0 Å². The molecule has 0 bridgehead atoms. The molecule has 1 amide bonds. The number of halogens is 1. The molecule has 1 aromatic heterocycles. The zero-order valence-electron chi connectivity index (χ0n) is 10.2. The van der Waals surface area contributed by atoms with Gasteiger partial charge in [-0.15, -0.1) is 0 Å². The first kappa shape index (κ1) is 13.4. The number of carbonyl (C=O) groups excluding carboxylic acids is 1. The van der Waals surface area contributed by atoms with Crippen LogP contribution in [0.5, 0.6) is 5.75 Å². The SMILES string of the molecule is O=C(NCCOc1ccccc1)c1cnccc1Cl. The zero-order chi connectivity index (χ0) is 13.5. The number of amides is 1. The predicted octanol–water partition coefficient (Wildman–Crippen LogP) is 2.54. The third-order valence-corrected chi connectivity index (χ3v) is 2.74. The number of benzene rings is 1. The number of hydrogen-bond acceptors (Lipinski definition) is 3. The van der Waals surface area contributed by atoms with Crippen LogP contribution in [0.2, 0.25) is 5.02 Å². The highest BCUT2D eigenvalue weighted by molar-refractivity contribution is 6.33. The van der Waals surface area contributed by atoms with Gasteiger partial charge in [0.1, 0.15) is 12.4 Å². The molecule has 1 N–H and O–H groups in total. The molecule has 4 nitrogen and oxygen atoms in total. The summed E-state index contributed by atoms with van der Waals surface area (Å²) in [6, 6.07) is 11.0. The number of carbonyl (C=O) groups is 1. The molecule has 0 aliphatic carbocycles. The quantitative estimate of drug-likeness (QED) is 0.854. The summed E-state index contributed by atoms with van der Waals surface area (Å²) in [5.41, 5.74) is 0.365. The lowest BCUT2D eigenvalue weighted by Gasteiger charge is -2.08. The van der Waals surface area contributed by atoms with Gasteiger partial charge >= 0.3 is 0 Å². The van der Waals surface area contributed by atoms with Crippen molar-refractivity contribution in [3.63, 3.8) is 0 Å². The van der Waals surface area contributed by atoms with E-state index in [9.17, 15) is 4.79 Å². The molecule has 0 radical (unpaired) electrons. The Hall–Kier alpha value is -2.07. The minimum absolute atomic E-state index is 0.255. The lowest BCUT2D eigenvalue weighted by atomic mass is 10.2. The number of pyridine rings is 1. The molecule has 0 saturated heterocycles. The fraction of sp³-hybridized carbons (Fsp3) is 0.143. The van der Waals surface area contributed by atoms with E-state index < -0.39 is 0 Å². The van der Waals surface area contributed by atoms with E-state index in [2.05, 4.69) is 10.3 Å². The molecule has 0 atom stereocenters. The van der Waals surface area contributed by atoms with Gasteiger partial charge in [-0.25, -0.2) is 0 Å². The second-order valence-electron chi connectivity index (χ2n) is 3.77. The Kier molecular flexibility index (Phi) is 4.75. The van der Waals surface area contributed by atoms with Crippen molar-refractivity contribution in [3.05, 3.63) is 59.4 Å². The lowest BCUT2D eigenvalue weighted by molar-refractivity contribution is 0.0947. The van der Waals surface area contributed by atoms with Crippen molar-refractivity contribution in [1.82, 2.24) is 10.3 Å². The highest BCUT2D eigenvalue weighted by Gasteiger charge is 2.09. The molecule has 2 rings (SSSR count). The molecule has 19 heavy (non-hydrogen) atoms. The number of para-hydroxylation sites is 1. The molecule has 0 fully saturated rings. The number of nitrogens with zero attached hydrogens (tertiary/aromatic N) is 1. The molecular formula is C14H13ClN2O2. The van der Waals surface area contributed by atoms with Crippen LogP contribution in [0, 0.1) is 0 Å². The topological polar surface area (TPSA) is 51.2 Å². The van der Waals surface area contributed by atoms with Gasteiger partial charge in [0.2, 0.25) is 0 Å². The van der Waals surface area contributed by atoms with Crippen LogP contribution in [0.4, 0.5) is 0 Å². The number of nitrogens with one attached hydrogen (secondary N) is 1. The molecule has 0 saturated carbocycles. The van der Waals surface area contributed by atoms with E-state index in [4.69, 9.17) is 16.3 Å². The Morgan fingerprint density at radius 2 is 2.05 bits per heavy atom. The van der Waals surface area contributed by atoms with E-state index in [0.717, 1.165) is 5.75 Å². The molecule has 0 aliphatic heterocycles. The molecule has 0 unspecified atom stereocenters. The largest absolute Gasteiger partial charge is 0.492 e. The maximum atomic E-state index is 11.8. The Morgan fingerprint density at radius 1 is 1.26 bits per heavy atom. The van der Waals surface area contributed by atoms with Crippen LogP contribution in [0.25, 0.3) is 0 Å². The summed E-state index contributed by atoms with van der Waals surface area (Å²) in [4.78, 5) is 15.7. The van der Waals surface area contributed by atoms with E-state index in [1.54, 1.807) is 6.07 Å². The zero-order valence-corrected chi connectivity index (χ0v) is 10.9. The van der Waals surface area contributed by atoms with Gasteiger partial charge in [0.25, 0.3) is 5.91 Å². The van der Waals surface area contributed by atoms with Crippen LogP contribution in [0.15, 0.2) is 48.8 Å². The number of hydrogen-bond donors (Lipinski definition) is 1. The van der Waals surface area contributed by atoms with Gasteiger partial charge in [-0.1, -0.05) is 29.8 Å². The van der Waals surface area contributed by atoms with Crippen LogP contribution in [0.1, 0.15) is 10.4 Å². The third kappa shape index (κ3) is 3.96. The van der Waals surface area contributed by atoms with Gasteiger partial charge in [0.05, 0.1) is 17.1 Å². The van der Waals surface area contributed by atoms with Crippen molar-refractivity contribution in [2.24, 2.45) is 0 Å². The van der Waals surface area contributed by atoms with Crippen LogP contribution in [-0.2, 0) is 0 Å². The highest BCUT2D eigenvalue weighted by atomic mass is 35.5. The van der Waals surface area contributed by atoms with Crippen molar-refractivity contribution < 1.29 is 9.53 Å². The summed E-state index contributed by atoms with van der Waals surface area (Å²) < 4.78 is 5.46. The van der Waals surface area contributed by atoms with Crippen molar-refractivity contribution >= 4 is 17.5 Å². The Bertz CT molecular complexity index is 546. The van der Waals surface area contributed by atoms with E-state index in [-0.39, 0.29) is 5.91 Å². The maximum Gasteiger partial charge on any atom is 0.254 e. The molecule has 0 aliphatic rings. The van der Waals surface area contributed by atoms with Gasteiger partial charge in [0.15, 0.2) is 0 Å². The van der Waals surface area contributed by atoms with Crippen molar-refractivity contribution in [3.8, 4) is 5.75 Å². The van der Waals surface area contributed by atoms with Crippen LogP contribution in [0.3, 0.4) is 0 Å². The van der Waals surface area contributed by atoms with Gasteiger partial charge in [-0.2, -0.15) is 0 Å². The molecule has 1 heterocycles. The molecule has 0 spiro atoms. The van der Waals surface area contributed by atoms with Gasteiger partial charge in [-0.3, -0.25) is 9.78 Å². The summed E-state index contributed by atoms with van der Waals surface area (Å²) in [6.45, 7) is 0.798. The fourth-order valence-electron chi connectivity index (χ4n) is 1.49. The third-order valence-electron chi connectivity index (χ3n) is 2.41. The summed E-state index contributed by atoms with van der Waals surface area (Å²) in [6.07, 6.45) is 2.98. The normalized spacial score (nSPS) is 9.95. The minimum atomic E-state index is -0.255. The summed E-state index contributed by atoms with van der Waals surface area (Å²) in [5, 5.41) is 3.11. The Morgan fingerprint density at radius 3 is 2.79 bits per heavy atom. The summed E-state index contributed by atoms with van der Waals surface area (Å²) in [5.74, 6) is 0.519. The van der Waals surface area contributed by atoms with E-state index in [1.807, 2.05) is 30.3 Å². The average molecular weight is 277 g/mol. The van der Waals surface area contributed by atoms with Crippen molar-refractivity contribution in [2.75, 3.05) is 13.2 Å². The lowest BCUT2D eigenvalue weighted by Crippen LogP contribution is -2.28. The minimum Gasteiger partial charge on any atom is -0.492 e. The highest BCUT2D eigenvalue weighted by Crippen LogP contribution is 2.12. The molecule has 5 heteroatoms. The average Bonchev–Trinajstić information content (AvgIpc) is 2.45. The second kappa shape index (κ2) is 6.75. The molecule has 2 aromatic rings. The maximum absolute atomic E-state index is 11.8. The van der Waals surface area contributed by atoms with Crippen LogP contribution >= 0.6 is 11.6 Å². The fourth-order valence-corrected chi connectivity index (χ4v) is 1.68. The van der Waals surface area contributed by atoms with Crippen LogP contribution < -0.4 is 10.1 Å². The number of rotatable bonds is 5. The number of aromatic nitrogens is 1. The van der Waals surface area contributed by atoms with Crippen molar-refractivity contribution in [2.45, 2.75) is 0 Å². The first-order valence-electron chi connectivity index (χ1n) is 5.83. The number of ether oxygens (including phenoxy) is 1. The van der Waals surface area contributed by atoms with E-state index in [1.165, 1.54) is 12.4 Å². The Balaban J connectivity index is 1.77. The van der Waals surface area contributed by atoms with Gasteiger partial charge in [-0.05, 0) is 18.2 Å². The standard InChI is InChI=1S/C14H13ClN2O2/c15-13-6-7-16-10-12(13)14(18)17-8-9-19-11-4-2-1-3-5-11/h1-7,10H,8-9H2,(H,17,18). The van der Waals surface area contributed by atoms with Gasteiger partial charge < -0.3 is 10.1 Å². The summed E-state index contributed by atoms with van der Waals surface area (Å²) in [7, 11) is 0. The molecule has 1 aromatic carbocycles. The molecular weight excluding hydrogens is 264 g/mol. The van der Waals surface area contributed by atoms with E-state index >= 15 is 0 Å². The Labute approximate surface area is 116 Å². The second-order valence-corrected chi connectivity index (χ2v) is 4.18. The first-order chi connectivity index (χ1) is 9.27. The summed E-state index contributed by atoms with van der Waals surface area (Å²) >= 11 is 5.90. The first-order valence-corrected chi connectivity index (χ1v) is 6.21. The molecule has 98 valence electrons. The van der Waals surface area contributed by atoms with E-state index in [0.29, 0.717) is 23.7 Å². The smallest absolute Gasteiger partial charge is 0.254 e.